The molecule has 0 amide bonds. The van der Waals surface area contributed by atoms with Crippen molar-refractivity contribution < 1.29 is 18.3 Å². The van der Waals surface area contributed by atoms with Gasteiger partial charge in [0.2, 0.25) is 10.0 Å². The predicted octanol–water partition coefficient (Wildman–Crippen LogP) is 1.97. The number of benzene rings is 1. The number of hydrogen-bond donors (Lipinski definition) is 2. The van der Waals surface area contributed by atoms with E-state index in [0.29, 0.717) is 31.1 Å². The van der Waals surface area contributed by atoms with Gasteiger partial charge in [-0.25, -0.2) is 8.42 Å². The van der Waals surface area contributed by atoms with Crippen LogP contribution in [0.2, 0.25) is 5.02 Å². The van der Waals surface area contributed by atoms with Crippen LogP contribution in [0.4, 0.5) is 5.69 Å². The highest BCUT2D eigenvalue weighted by atomic mass is 35.5. The summed E-state index contributed by atoms with van der Waals surface area (Å²) in [5, 5.41) is 9.45. The Labute approximate surface area is 111 Å². The normalized spacial score (nSPS) is 17.6. The van der Waals surface area contributed by atoms with Gasteiger partial charge in [0.25, 0.3) is 0 Å². The zero-order valence-corrected chi connectivity index (χ0v) is 11.2. The molecule has 5 nitrogen and oxygen atoms in total. The lowest BCUT2D eigenvalue weighted by Crippen LogP contribution is -2.33. The summed E-state index contributed by atoms with van der Waals surface area (Å²) in [4.78, 5) is 0. The van der Waals surface area contributed by atoms with Gasteiger partial charge in [0, 0.05) is 18.2 Å². The molecule has 0 bridgehead atoms. The summed E-state index contributed by atoms with van der Waals surface area (Å²) in [5.74, 6) is -0.143. The van der Waals surface area contributed by atoms with Crippen molar-refractivity contribution in [3.8, 4) is 5.75 Å². The SMILES string of the molecule is O=S(=O)(Nc1cc(Cl)ccc1O)C1CCOCC1. The van der Waals surface area contributed by atoms with E-state index in [1.807, 2.05) is 0 Å². The predicted molar refractivity (Wildman–Crippen MR) is 69.5 cm³/mol. The van der Waals surface area contributed by atoms with E-state index in [1.165, 1.54) is 18.2 Å². The largest absolute Gasteiger partial charge is 0.506 e. The third-order valence-corrected chi connectivity index (χ3v) is 4.91. The van der Waals surface area contributed by atoms with Crippen LogP contribution in [-0.4, -0.2) is 32.0 Å². The molecule has 1 heterocycles. The Kier molecular flexibility index (Phi) is 3.99. The molecule has 18 heavy (non-hydrogen) atoms. The van der Waals surface area contributed by atoms with Gasteiger partial charge in [-0.3, -0.25) is 4.72 Å². The fourth-order valence-electron chi connectivity index (χ4n) is 1.81. The Morgan fingerprint density at radius 1 is 1.33 bits per heavy atom. The number of nitrogens with one attached hydrogen (secondary N) is 1. The number of halogens is 1. The van der Waals surface area contributed by atoms with E-state index in [-0.39, 0.29) is 11.4 Å². The molecule has 0 saturated carbocycles. The molecule has 0 atom stereocenters. The lowest BCUT2D eigenvalue weighted by molar-refractivity contribution is 0.0984. The van der Waals surface area contributed by atoms with E-state index >= 15 is 0 Å². The van der Waals surface area contributed by atoms with E-state index < -0.39 is 15.3 Å². The zero-order valence-electron chi connectivity index (χ0n) is 9.60. The monoisotopic (exact) mass is 291 g/mol. The Morgan fingerprint density at radius 2 is 2.00 bits per heavy atom. The molecule has 0 aromatic heterocycles. The number of anilines is 1. The fourth-order valence-corrected chi connectivity index (χ4v) is 3.43. The highest BCUT2D eigenvalue weighted by Gasteiger charge is 2.28. The summed E-state index contributed by atoms with van der Waals surface area (Å²) in [5.41, 5.74) is 0.106. The lowest BCUT2D eigenvalue weighted by atomic mass is 10.2. The Bertz CT molecular complexity index is 526. The minimum Gasteiger partial charge on any atom is -0.506 e. The second kappa shape index (κ2) is 5.34. The van der Waals surface area contributed by atoms with Crippen LogP contribution >= 0.6 is 11.6 Å². The molecular weight excluding hydrogens is 278 g/mol. The minimum absolute atomic E-state index is 0.106. The molecule has 1 aliphatic heterocycles. The lowest BCUT2D eigenvalue weighted by Gasteiger charge is -2.23. The maximum atomic E-state index is 12.1. The van der Waals surface area contributed by atoms with Crippen molar-refractivity contribution in [1.29, 1.82) is 0 Å². The number of ether oxygens (including phenoxy) is 1. The van der Waals surface area contributed by atoms with Gasteiger partial charge in [-0.2, -0.15) is 0 Å². The maximum Gasteiger partial charge on any atom is 0.235 e. The van der Waals surface area contributed by atoms with Gasteiger partial charge >= 0.3 is 0 Å². The Morgan fingerprint density at radius 3 is 2.67 bits per heavy atom. The number of sulfonamides is 1. The van der Waals surface area contributed by atoms with Gasteiger partial charge in [-0.1, -0.05) is 11.6 Å². The highest BCUT2D eigenvalue weighted by molar-refractivity contribution is 7.93. The summed E-state index contributed by atoms with van der Waals surface area (Å²) < 4.78 is 31.7. The van der Waals surface area contributed by atoms with Crippen LogP contribution < -0.4 is 4.72 Å². The van der Waals surface area contributed by atoms with Gasteiger partial charge < -0.3 is 9.84 Å². The van der Waals surface area contributed by atoms with E-state index in [9.17, 15) is 13.5 Å². The van der Waals surface area contributed by atoms with E-state index in [0.717, 1.165) is 0 Å². The van der Waals surface area contributed by atoms with E-state index in [1.54, 1.807) is 0 Å². The summed E-state index contributed by atoms with van der Waals surface area (Å²) >= 11 is 5.77. The van der Waals surface area contributed by atoms with Gasteiger partial charge in [-0.05, 0) is 31.0 Å². The van der Waals surface area contributed by atoms with E-state index in [2.05, 4.69) is 4.72 Å². The molecule has 0 radical (unpaired) electrons. The first-order valence-corrected chi connectivity index (χ1v) is 7.49. The first-order chi connectivity index (χ1) is 8.49. The first-order valence-electron chi connectivity index (χ1n) is 5.57. The summed E-state index contributed by atoms with van der Waals surface area (Å²) in [6.45, 7) is 0.875. The fraction of sp³-hybridized carbons (Fsp3) is 0.455. The van der Waals surface area contributed by atoms with E-state index in [4.69, 9.17) is 16.3 Å². The van der Waals surface area contributed by atoms with Crippen molar-refractivity contribution in [2.24, 2.45) is 0 Å². The summed E-state index contributed by atoms with van der Waals surface area (Å²) in [6.07, 6.45) is 0.910. The van der Waals surface area contributed by atoms with Crippen molar-refractivity contribution >= 4 is 27.3 Å². The standard InChI is InChI=1S/C11H14ClNO4S/c12-8-1-2-11(14)10(7-8)13-18(15,16)9-3-5-17-6-4-9/h1-2,7,9,13-14H,3-6H2. The average Bonchev–Trinajstić information content (AvgIpc) is 2.35. The molecule has 7 heteroatoms. The average molecular weight is 292 g/mol. The molecular formula is C11H14ClNO4S. The molecule has 100 valence electrons. The van der Waals surface area contributed by atoms with Crippen molar-refractivity contribution in [3.63, 3.8) is 0 Å². The van der Waals surface area contributed by atoms with Crippen LogP contribution in [0.3, 0.4) is 0 Å². The van der Waals surface area contributed by atoms with Crippen molar-refractivity contribution in [1.82, 2.24) is 0 Å². The van der Waals surface area contributed by atoms with Gasteiger partial charge in [0.15, 0.2) is 0 Å². The minimum atomic E-state index is -3.52. The summed E-state index contributed by atoms with van der Waals surface area (Å²) in [7, 11) is -3.52. The number of phenolic OH excluding ortho intramolecular Hbond substituents is 1. The molecule has 1 aromatic rings. The molecule has 1 fully saturated rings. The number of aromatic hydroxyl groups is 1. The zero-order chi connectivity index (χ0) is 13.2. The second-order valence-corrected chi connectivity index (χ2v) is 6.52. The van der Waals surface area contributed by atoms with Crippen LogP contribution in [0.5, 0.6) is 5.75 Å². The van der Waals surface area contributed by atoms with Crippen LogP contribution in [0, 0.1) is 0 Å². The molecule has 0 spiro atoms. The number of phenols is 1. The molecule has 1 saturated heterocycles. The molecule has 2 rings (SSSR count). The maximum absolute atomic E-state index is 12.1. The topological polar surface area (TPSA) is 75.6 Å². The number of rotatable bonds is 3. The van der Waals surface area contributed by atoms with Gasteiger partial charge in [0.05, 0.1) is 10.9 Å². The van der Waals surface area contributed by atoms with Gasteiger partial charge in [-0.15, -0.1) is 0 Å². The van der Waals surface area contributed by atoms with Crippen molar-refractivity contribution in [3.05, 3.63) is 23.2 Å². The van der Waals surface area contributed by atoms with Gasteiger partial charge in [0.1, 0.15) is 5.75 Å². The smallest absolute Gasteiger partial charge is 0.235 e. The quantitative estimate of drug-likeness (QED) is 0.835. The third-order valence-electron chi connectivity index (χ3n) is 2.82. The molecule has 1 aromatic carbocycles. The van der Waals surface area contributed by atoms with Crippen LogP contribution in [0.1, 0.15) is 12.8 Å². The molecule has 0 unspecified atom stereocenters. The van der Waals surface area contributed by atoms with Crippen LogP contribution in [0.25, 0.3) is 0 Å². The molecule has 0 aliphatic carbocycles. The highest BCUT2D eigenvalue weighted by Crippen LogP contribution is 2.29. The molecule has 2 N–H and O–H groups in total. The second-order valence-electron chi connectivity index (χ2n) is 4.12. The molecule has 1 aliphatic rings. The van der Waals surface area contributed by atoms with Crippen molar-refractivity contribution in [2.45, 2.75) is 18.1 Å². The Balaban J connectivity index is 2.18. The summed E-state index contributed by atoms with van der Waals surface area (Å²) in [6, 6.07) is 4.22. The first kappa shape index (κ1) is 13.5. The van der Waals surface area contributed by atoms with Crippen LogP contribution in [-0.2, 0) is 14.8 Å². The number of hydrogen-bond acceptors (Lipinski definition) is 4. The van der Waals surface area contributed by atoms with Crippen LogP contribution in [0.15, 0.2) is 18.2 Å². The van der Waals surface area contributed by atoms with Crippen molar-refractivity contribution in [2.75, 3.05) is 17.9 Å². The third kappa shape index (κ3) is 3.07. The Hall–Kier alpha value is -0.980.